The van der Waals surface area contributed by atoms with Gasteiger partial charge in [0.25, 0.3) is 0 Å². The Balaban J connectivity index is 1.70. The van der Waals surface area contributed by atoms with Crippen molar-refractivity contribution in [3.05, 3.63) is 64.7 Å². The minimum atomic E-state index is 0.155. The van der Waals surface area contributed by atoms with E-state index in [0.717, 1.165) is 59.8 Å². The largest absolute Gasteiger partial charge is 0.370 e. The number of hydrogen-bond donors (Lipinski definition) is 0. The number of rotatable bonds is 5. The van der Waals surface area contributed by atoms with Crippen LogP contribution in [0.5, 0.6) is 0 Å². The highest BCUT2D eigenvalue weighted by atomic mass is 16.1. The van der Waals surface area contributed by atoms with Gasteiger partial charge in [0.1, 0.15) is 0 Å². The smallest absolute Gasteiger partial charge is 0.163 e. The maximum atomic E-state index is 12.9. The van der Waals surface area contributed by atoms with Gasteiger partial charge in [-0.05, 0) is 76.2 Å². The molecule has 168 valence electrons. The first kappa shape index (κ1) is 22.3. The van der Waals surface area contributed by atoms with E-state index in [1.165, 1.54) is 17.7 Å². The first-order valence-electron chi connectivity index (χ1n) is 11.6. The zero-order valence-corrected chi connectivity index (χ0v) is 20.0. The number of carbonyl (C=O) groups excluding carboxylic acids is 1. The Morgan fingerprint density at radius 1 is 1.06 bits per heavy atom. The van der Waals surface area contributed by atoms with Crippen LogP contribution in [0, 0.1) is 20.8 Å². The fraction of sp³-hybridized carbons (Fsp3) is 0.407. The number of hydrogen-bond acceptors (Lipinski definition) is 4. The summed E-state index contributed by atoms with van der Waals surface area (Å²) in [7, 11) is 2.19. The van der Waals surface area contributed by atoms with Gasteiger partial charge in [-0.2, -0.15) is 0 Å². The number of Topliss-reactive ketones (excluding diaryl/α,β-unsaturated/α-hetero) is 1. The molecule has 3 heterocycles. The first-order valence-corrected chi connectivity index (χ1v) is 11.6. The molecule has 2 aromatic heterocycles. The van der Waals surface area contributed by atoms with Gasteiger partial charge >= 0.3 is 0 Å². The average molecular weight is 431 g/mol. The standard InChI is InChI=1S/C27H34N4O/c1-6-27(32)25(23-16-26-21(4)28-20(3)17-31(26)18-23)15-22-8-9-24(14-19(22)2)30-11-7-10-29(5)12-13-30/h8-9,14-18H,6-7,10-13H2,1-5H3/b25-15-. The topological polar surface area (TPSA) is 40.9 Å². The fourth-order valence-electron chi connectivity index (χ4n) is 4.57. The molecule has 0 unspecified atom stereocenters. The van der Waals surface area contributed by atoms with E-state index in [-0.39, 0.29) is 5.78 Å². The second kappa shape index (κ2) is 9.29. The Kier molecular flexibility index (Phi) is 6.47. The highest BCUT2D eigenvalue weighted by Crippen LogP contribution is 2.28. The molecule has 1 fully saturated rings. The van der Waals surface area contributed by atoms with Gasteiger partial charge in [0.2, 0.25) is 0 Å². The predicted octanol–water partition coefficient (Wildman–Crippen LogP) is 4.92. The molecule has 0 N–H and O–H groups in total. The van der Waals surface area contributed by atoms with Crippen LogP contribution in [0.4, 0.5) is 5.69 Å². The third-order valence-electron chi connectivity index (χ3n) is 6.46. The van der Waals surface area contributed by atoms with Gasteiger partial charge in [0.15, 0.2) is 5.78 Å². The van der Waals surface area contributed by atoms with Gasteiger partial charge < -0.3 is 14.2 Å². The van der Waals surface area contributed by atoms with Crippen molar-refractivity contribution in [1.82, 2.24) is 14.3 Å². The van der Waals surface area contributed by atoms with Crippen molar-refractivity contribution in [2.24, 2.45) is 0 Å². The van der Waals surface area contributed by atoms with Gasteiger partial charge in [-0.15, -0.1) is 0 Å². The summed E-state index contributed by atoms with van der Waals surface area (Å²) < 4.78 is 2.08. The van der Waals surface area contributed by atoms with E-state index in [1.54, 1.807) is 0 Å². The van der Waals surface area contributed by atoms with Crippen molar-refractivity contribution in [3.8, 4) is 0 Å². The monoisotopic (exact) mass is 430 g/mol. The number of benzene rings is 1. The summed E-state index contributed by atoms with van der Waals surface area (Å²) in [6, 6.07) is 8.71. The van der Waals surface area contributed by atoms with E-state index in [4.69, 9.17) is 0 Å². The van der Waals surface area contributed by atoms with E-state index >= 15 is 0 Å². The van der Waals surface area contributed by atoms with Crippen molar-refractivity contribution >= 4 is 28.6 Å². The lowest BCUT2D eigenvalue weighted by Gasteiger charge is -2.23. The SMILES string of the molecule is CCC(=O)/C(=C\c1ccc(N2CCCN(C)CC2)cc1C)c1cc2c(C)nc(C)cn2c1. The molecule has 32 heavy (non-hydrogen) atoms. The molecular weight excluding hydrogens is 396 g/mol. The van der Waals surface area contributed by atoms with E-state index in [2.05, 4.69) is 63.5 Å². The third-order valence-corrected chi connectivity index (χ3v) is 6.46. The van der Waals surface area contributed by atoms with E-state index < -0.39 is 0 Å². The predicted molar refractivity (Wildman–Crippen MR) is 133 cm³/mol. The summed E-state index contributed by atoms with van der Waals surface area (Å²) in [6.07, 6.45) is 7.78. The maximum absolute atomic E-state index is 12.9. The summed E-state index contributed by atoms with van der Waals surface area (Å²) in [6.45, 7) is 12.5. The summed E-state index contributed by atoms with van der Waals surface area (Å²) in [5, 5.41) is 0. The van der Waals surface area contributed by atoms with E-state index in [1.807, 2.05) is 33.2 Å². The number of anilines is 1. The van der Waals surface area contributed by atoms with Gasteiger partial charge in [-0.25, -0.2) is 0 Å². The van der Waals surface area contributed by atoms with Crippen LogP contribution in [0.1, 0.15) is 47.8 Å². The van der Waals surface area contributed by atoms with E-state index in [0.29, 0.717) is 6.42 Å². The van der Waals surface area contributed by atoms with Crippen molar-refractivity contribution in [3.63, 3.8) is 0 Å². The highest BCUT2D eigenvalue weighted by molar-refractivity contribution is 6.25. The first-order chi connectivity index (χ1) is 15.4. The molecule has 5 nitrogen and oxygen atoms in total. The number of nitrogens with zero attached hydrogens (tertiary/aromatic N) is 4. The number of ketones is 1. The van der Waals surface area contributed by atoms with Crippen molar-refractivity contribution < 1.29 is 4.79 Å². The molecule has 3 aromatic rings. The molecule has 5 heteroatoms. The number of fused-ring (bicyclic) bond motifs is 1. The number of aromatic nitrogens is 2. The second-order valence-corrected chi connectivity index (χ2v) is 9.01. The zero-order valence-electron chi connectivity index (χ0n) is 20.0. The van der Waals surface area contributed by atoms with Gasteiger partial charge in [-0.1, -0.05) is 13.0 Å². The third kappa shape index (κ3) is 4.63. The van der Waals surface area contributed by atoms with Crippen LogP contribution in [0.25, 0.3) is 17.2 Å². The number of aryl methyl sites for hydroxylation is 3. The Bertz CT molecular complexity index is 1170. The number of likely N-dealkylation sites (N-methyl/N-ethyl adjacent to an activating group) is 1. The molecule has 0 saturated carbocycles. The zero-order chi connectivity index (χ0) is 22.8. The Labute approximate surface area is 191 Å². The molecule has 0 radical (unpaired) electrons. The second-order valence-electron chi connectivity index (χ2n) is 9.01. The molecule has 1 aromatic carbocycles. The molecule has 0 spiro atoms. The lowest BCUT2D eigenvalue weighted by atomic mass is 9.97. The lowest BCUT2D eigenvalue weighted by Crippen LogP contribution is -2.28. The van der Waals surface area contributed by atoms with Crippen molar-refractivity contribution in [2.75, 3.05) is 38.1 Å². The fourth-order valence-corrected chi connectivity index (χ4v) is 4.57. The van der Waals surface area contributed by atoms with Gasteiger partial charge in [-0.3, -0.25) is 9.78 Å². The van der Waals surface area contributed by atoms with Gasteiger partial charge in [0, 0.05) is 55.3 Å². The van der Waals surface area contributed by atoms with Crippen LogP contribution in [0.15, 0.2) is 36.7 Å². The minimum Gasteiger partial charge on any atom is -0.370 e. The highest BCUT2D eigenvalue weighted by Gasteiger charge is 2.16. The van der Waals surface area contributed by atoms with Gasteiger partial charge in [0.05, 0.1) is 16.9 Å². The molecule has 0 bridgehead atoms. The summed E-state index contributed by atoms with van der Waals surface area (Å²) in [5.74, 6) is 0.155. The summed E-state index contributed by atoms with van der Waals surface area (Å²) >= 11 is 0. The van der Waals surface area contributed by atoms with Crippen LogP contribution in [-0.2, 0) is 4.79 Å². The Hall–Kier alpha value is -2.92. The van der Waals surface area contributed by atoms with E-state index in [9.17, 15) is 4.79 Å². The summed E-state index contributed by atoms with van der Waals surface area (Å²) in [5.41, 5.74) is 8.26. The molecule has 0 amide bonds. The molecule has 4 rings (SSSR count). The Morgan fingerprint density at radius 2 is 1.88 bits per heavy atom. The van der Waals surface area contributed by atoms with Crippen LogP contribution in [-0.4, -0.2) is 53.3 Å². The average Bonchev–Trinajstić information content (AvgIpc) is 3.06. The molecule has 1 aliphatic heterocycles. The molecular formula is C27H34N4O. The molecule has 1 saturated heterocycles. The lowest BCUT2D eigenvalue weighted by molar-refractivity contribution is -0.113. The number of allylic oxidation sites excluding steroid dienone is 1. The molecule has 0 atom stereocenters. The quantitative estimate of drug-likeness (QED) is 0.539. The Morgan fingerprint density at radius 3 is 2.62 bits per heavy atom. The van der Waals surface area contributed by atoms with Crippen molar-refractivity contribution in [2.45, 2.75) is 40.5 Å². The van der Waals surface area contributed by atoms with Crippen LogP contribution >= 0.6 is 0 Å². The molecule has 1 aliphatic rings. The summed E-state index contributed by atoms with van der Waals surface area (Å²) in [4.78, 5) is 22.4. The molecule has 0 aliphatic carbocycles. The van der Waals surface area contributed by atoms with Crippen molar-refractivity contribution in [1.29, 1.82) is 0 Å². The van der Waals surface area contributed by atoms with Crippen LogP contribution in [0.2, 0.25) is 0 Å². The minimum absolute atomic E-state index is 0.155. The maximum Gasteiger partial charge on any atom is 0.163 e. The van der Waals surface area contributed by atoms with Crippen LogP contribution in [0.3, 0.4) is 0 Å². The van der Waals surface area contributed by atoms with Crippen LogP contribution < -0.4 is 4.90 Å². The normalized spacial score (nSPS) is 15.9. The number of carbonyl (C=O) groups is 1.